The first kappa shape index (κ1) is 14.6. The van der Waals surface area contributed by atoms with E-state index in [1.54, 1.807) is 12.1 Å². The lowest BCUT2D eigenvalue weighted by Crippen LogP contribution is -2.37. The molecule has 6 heteroatoms. The van der Waals surface area contributed by atoms with Crippen molar-refractivity contribution in [2.45, 2.75) is 12.8 Å². The summed E-state index contributed by atoms with van der Waals surface area (Å²) < 4.78 is 0. The number of nitrogens with one attached hydrogen (secondary N) is 1. The van der Waals surface area contributed by atoms with Crippen LogP contribution in [0.2, 0.25) is 10.3 Å². The Morgan fingerprint density at radius 2 is 2.11 bits per heavy atom. The van der Waals surface area contributed by atoms with E-state index in [1.165, 1.54) is 0 Å². The van der Waals surface area contributed by atoms with E-state index in [0.717, 1.165) is 25.9 Å². The largest absolute Gasteiger partial charge is 0.352 e. The Kier molecular flexibility index (Phi) is 5.02. The number of nitrogens with zero attached hydrogens (tertiary/aromatic N) is 2. The van der Waals surface area contributed by atoms with Gasteiger partial charge >= 0.3 is 0 Å². The smallest absolute Gasteiger partial charge is 0.254 e. The topological polar surface area (TPSA) is 45.2 Å². The molecule has 19 heavy (non-hydrogen) atoms. The van der Waals surface area contributed by atoms with Gasteiger partial charge in [-0.3, -0.25) is 4.79 Å². The van der Waals surface area contributed by atoms with Crippen LogP contribution in [-0.2, 0) is 0 Å². The predicted molar refractivity (Wildman–Crippen MR) is 76.8 cm³/mol. The number of piperidine rings is 1. The molecular weight excluding hydrogens is 285 g/mol. The molecule has 1 aromatic rings. The van der Waals surface area contributed by atoms with Crippen molar-refractivity contribution in [2.24, 2.45) is 5.92 Å². The molecule has 1 N–H and O–H groups in total. The van der Waals surface area contributed by atoms with Crippen LogP contribution in [0.3, 0.4) is 0 Å². The molecule has 1 saturated heterocycles. The van der Waals surface area contributed by atoms with Crippen molar-refractivity contribution in [1.82, 2.24) is 15.2 Å². The second kappa shape index (κ2) is 6.55. The Hall–Kier alpha value is -0.840. The molecule has 0 bridgehead atoms. The molecule has 1 aliphatic heterocycles. The third-order valence-corrected chi connectivity index (χ3v) is 3.95. The number of pyridine rings is 1. The Morgan fingerprint density at radius 3 is 2.74 bits per heavy atom. The van der Waals surface area contributed by atoms with Crippen LogP contribution in [0.5, 0.6) is 0 Å². The highest BCUT2D eigenvalue weighted by molar-refractivity contribution is 6.34. The summed E-state index contributed by atoms with van der Waals surface area (Å²) in [4.78, 5) is 18.2. The van der Waals surface area contributed by atoms with Gasteiger partial charge in [0.15, 0.2) is 0 Å². The van der Waals surface area contributed by atoms with Gasteiger partial charge in [-0.25, -0.2) is 4.98 Å². The predicted octanol–water partition coefficient (Wildman–Crippen LogP) is 2.46. The zero-order valence-corrected chi connectivity index (χ0v) is 12.3. The van der Waals surface area contributed by atoms with E-state index in [0.29, 0.717) is 18.0 Å². The fraction of sp³-hybridized carbons (Fsp3) is 0.538. The van der Waals surface area contributed by atoms with Crippen LogP contribution in [0.15, 0.2) is 12.1 Å². The number of rotatable bonds is 3. The van der Waals surface area contributed by atoms with Gasteiger partial charge in [0.1, 0.15) is 10.3 Å². The van der Waals surface area contributed by atoms with Crippen molar-refractivity contribution in [2.75, 3.05) is 26.7 Å². The molecule has 1 amide bonds. The number of carbonyl (C=O) groups excluding carboxylic acids is 1. The van der Waals surface area contributed by atoms with Gasteiger partial charge in [-0.2, -0.15) is 0 Å². The molecule has 104 valence electrons. The highest BCUT2D eigenvalue weighted by atomic mass is 35.5. The first-order valence-corrected chi connectivity index (χ1v) is 7.10. The zero-order valence-electron chi connectivity index (χ0n) is 10.8. The maximum Gasteiger partial charge on any atom is 0.254 e. The molecule has 0 atom stereocenters. The lowest BCUT2D eigenvalue weighted by atomic mass is 9.97. The van der Waals surface area contributed by atoms with Gasteiger partial charge in [-0.05, 0) is 51.0 Å². The average molecular weight is 302 g/mol. The van der Waals surface area contributed by atoms with E-state index in [9.17, 15) is 4.79 Å². The Morgan fingerprint density at radius 1 is 1.42 bits per heavy atom. The monoisotopic (exact) mass is 301 g/mol. The minimum absolute atomic E-state index is 0.147. The van der Waals surface area contributed by atoms with Crippen LogP contribution in [0.1, 0.15) is 23.2 Å². The van der Waals surface area contributed by atoms with Gasteiger partial charge in [0.05, 0.1) is 5.56 Å². The van der Waals surface area contributed by atoms with Gasteiger partial charge in [0.2, 0.25) is 0 Å². The fourth-order valence-electron chi connectivity index (χ4n) is 2.18. The van der Waals surface area contributed by atoms with E-state index in [2.05, 4.69) is 22.2 Å². The number of hydrogen-bond acceptors (Lipinski definition) is 3. The summed E-state index contributed by atoms with van der Waals surface area (Å²) in [6, 6.07) is 3.17. The zero-order chi connectivity index (χ0) is 13.8. The average Bonchev–Trinajstić information content (AvgIpc) is 2.37. The fourth-order valence-corrected chi connectivity index (χ4v) is 2.61. The van der Waals surface area contributed by atoms with E-state index in [1.807, 2.05) is 0 Å². The van der Waals surface area contributed by atoms with Crippen molar-refractivity contribution < 1.29 is 4.79 Å². The molecule has 2 heterocycles. The summed E-state index contributed by atoms with van der Waals surface area (Å²) in [5.74, 6) is 0.354. The molecule has 0 saturated carbocycles. The van der Waals surface area contributed by atoms with Gasteiger partial charge < -0.3 is 10.2 Å². The van der Waals surface area contributed by atoms with Gasteiger partial charge in [-0.15, -0.1) is 0 Å². The molecule has 1 aliphatic rings. The Labute approximate surface area is 123 Å². The van der Waals surface area contributed by atoms with Crippen LogP contribution in [-0.4, -0.2) is 42.5 Å². The van der Waals surface area contributed by atoms with Gasteiger partial charge in [-0.1, -0.05) is 23.2 Å². The first-order chi connectivity index (χ1) is 9.06. The normalized spacial score (nSPS) is 17.4. The number of amides is 1. The highest BCUT2D eigenvalue weighted by Crippen LogP contribution is 2.18. The summed E-state index contributed by atoms with van der Waals surface area (Å²) in [5.41, 5.74) is 0.374. The number of likely N-dealkylation sites (tertiary alicyclic amines) is 1. The van der Waals surface area contributed by atoms with Crippen LogP contribution in [0.25, 0.3) is 0 Å². The third kappa shape index (κ3) is 4.06. The Balaban J connectivity index is 1.87. The quantitative estimate of drug-likeness (QED) is 0.872. The summed E-state index contributed by atoms with van der Waals surface area (Å²) in [6.45, 7) is 2.86. The van der Waals surface area contributed by atoms with Crippen molar-refractivity contribution in [3.63, 3.8) is 0 Å². The first-order valence-electron chi connectivity index (χ1n) is 6.35. The second-order valence-electron chi connectivity index (χ2n) is 4.93. The van der Waals surface area contributed by atoms with Crippen molar-refractivity contribution in [3.8, 4) is 0 Å². The van der Waals surface area contributed by atoms with Crippen LogP contribution >= 0.6 is 23.2 Å². The SMILES string of the molecule is CN1CCC(CNC(=O)c2ccc(Cl)nc2Cl)CC1. The Bertz CT molecular complexity index is 459. The number of carbonyl (C=O) groups is 1. The molecule has 4 nitrogen and oxygen atoms in total. The molecule has 1 fully saturated rings. The molecule has 0 aliphatic carbocycles. The molecule has 0 spiro atoms. The molecule has 2 rings (SSSR count). The standard InChI is InChI=1S/C13H17Cl2N3O/c1-18-6-4-9(5-7-18)8-16-13(19)10-2-3-11(14)17-12(10)15/h2-3,9H,4-8H2,1H3,(H,16,19). The summed E-state index contributed by atoms with van der Waals surface area (Å²) in [7, 11) is 2.12. The van der Waals surface area contributed by atoms with Gasteiger partial charge in [0.25, 0.3) is 5.91 Å². The second-order valence-corrected chi connectivity index (χ2v) is 5.67. The number of aromatic nitrogens is 1. The van der Waals surface area contributed by atoms with Crippen molar-refractivity contribution >= 4 is 29.1 Å². The summed E-state index contributed by atoms with van der Waals surface area (Å²) in [6.07, 6.45) is 2.23. The van der Waals surface area contributed by atoms with Crippen LogP contribution in [0.4, 0.5) is 0 Å². The lowest BCUT2D eigenvalue weighted by molar-refractivity contribution is 0.0939. The minimum atomic E-state index is -0.187. The highest BCUT2D eigenvalue weighted by Gasteiger charge is 2.18. The van der Waals surface area contributed by atoms with E-state index in [-0.39, 0.29) is 16.2 Å². The molecule has 1 aromatic heterocycles. The van der Waals surface area contributed by atoms with Crippen LogP contribution < -0.4 is 5.32 Å². The van der Waals surface area contributed by atoms with E-state index >= 15 is 0 Å². The van der Waals surface area contributed by atoms with Crippen molar-refractivity contribution in [1.29, 1.82) is 0 Å². The molecular formula is C13H17Cl2N3O. The van der Waals surface area contributed by atoms with Crippen molar-refractivity contribution in [3.05, 3.63) is 28.0 Å². The molecule has 0 radical (unpaired) electrons. The third-order valence-electron chi connectivity index (χ3n) is 3.45. The van der Waals surface area contributed by atoms with Gasteiger partial charge in [0, 0.05) is 6.54 Å². The lowest BCUT2D eigenvalue weighted by Gasteiger charge is -2.28. The summed E-state index contributed by atoms with van der Waals surface area (Å²) >= 11 is 11.6. The van der Waals surface area contributed by atoms with E-state index < -0.39 is 0 Å². The van der Waals surface area contributed by atoms with Crippen LogP contribution in [0, 0.1) is 5.92 Å². The summed E-state index contributed by atoms with van der Waals surface area (Å²) in [5, 5.41) is 3.35. The molecule has 0 aromatic carbocycles. The minimum Gasteiger partial charge on any atom is -0.352 e. The number of halogens is 2. The number of hydrogen-bond donors (Lipinski definition) is 1. The van der Waals surface area contributed by atoms with E-state index in [4.69, 9.17) is 23.2 Å². The maximum atomic E-state index is 12.0. The molecule has 0 unspecified atom stereocenters. The maximum absolute atomic E-state index is 12.0.